The second-order valence-electron chi connectivity index (χ2n) is 3.49. The van der Waals surface area contributed by atoms with Crippen molar-refractivity contribution in [2.45, 2.75) is 32.2 Å². The van der Waals surface area contributed by atoms with Crippen molar-refractivity contribution in [2.75, 3.05) is 6.61 Å². The molecule has 1 aliphatic carbocycles. The molecule has 0 aromatic rings. The molecule has 0 heterocycles. The fraction of sp³-hybridized carbons (Fsp3) is 0.700. The molecule has 3 nitrogen and oxygen atoms in total. The molecule has 0 radical (unpaired) electrons. The van der Waals surface area contributed by atoms with Crippen molar-refractivity contribution in [3.8, 4) is 0 Å². The molecule has 1 amide bonds. The minimum atomic E-state index is 0.107. The van der Waals surface area contributed by atoms with E-state index in [9.17, 15) is 4.79 Å². The van der Waals surface area contributed by atoms with E-state index in [0.29, 0.717) is 6.42 Å². The van der Waals surface area contributed by atoms with Crippen LogP contribution in [0.3, 0.4) is 0 Å². The quantitative estimate of drug-likeness (QED) is 0.634. The summed E-state index contributed by atoms with van der Waals surface area (Å²) in [7, 11) is 0. The summed E-state index contributed by atoms with van der Waals surface area (Å²) in [6.45, 7) is 2.16. The molecule has 0 unspecified atom stereocenters. The minimum absolute atomic E-state index is 0.107. The number of aliphatic hydroxyl groups is 1. The summed E-state index contributed by atoms with van der Waals surface area (Å²) in [5.74, 6) is 0.336. The molecule has 2 N–H and O–H groups in total. The Hall–Kier alpha value is -0.830. The summed E-state index contributed by atoms with van der Waals surface area (Å²) >= 11 is 0. The van der Waals surface area contributed by atoms with Crippen molar-refractivity contribution in [2.24, 2.45) is 5.92 Å². The van der Waals surface area contributed by atoms with Gasteiger partial charge in [0.05, 0.1) is 0 Å². The fourth-order valence-electron chi connectivity index (χ4n) is 1.52. The summed E-state index contributed by atoms with van der Waals surface area (Å²) in [6, 6.07) is 0.135. The van der Waals surface area contributed by atoms with Crippen molar-refractivity contribution in [1.82, 2.24) is 5.32 Å². The zero-order valence-corrected chi connectivity index (χ0v) is 7.99. The summed E-state index contributed by atoms with van der Waals surface area (Å²) < 4.78 is 0. The Balaban J connectivity index is 2.25. The molecule has 0 aliphatic heterocycles. The predicted molar refractivity (Wildman–Crippen MR) is 51.2 cm³/mol. The minimum Gasteiger partial charge on any atom is -0.396 e. The van der Waals surface area contributed by atoms with E-state index in [1.807, 2.05) is 19.1 Å². The summed E-state index contributed by atoms with van der Waals surface area (Å²) in [6.07, 6.45) is 6.25. The van der Waals surface area contributed by atoms with Crippen LogP contribution in [-0.4, -0.2) is 23.7 Å². The number of carbonyl (C=O) groups excluding carboxylic acids is 1. The Bertz CT molecular complexity index is 201. The zero-order valence-electron chi connectivity index (χ0n) is 7.99. The smallest absolute Gasteiger partial charge is 0.220 e. The van der Waals surface area contributed by atoms with Crippen LogP contribution in [-0.2, 0) is 4.79 Å². The number of amides is 1. The SMILES string of the molecule is CCCC(=O)N[C@@H]1C=C[C@@H](CO)C1. The first-order valence-corrected chi connectivity index (χ1v) is 4.84. The first kappa shape index (κ1) is 10.3. The third-order valence-corrected chi connectivity index (χ3v) is 2.23. The van der Waals surface area contributed by atoms with Crippen LogP contribution in [0.15, 0.2) is 12.2 Å². The van der Waals surface area contributed by atoms with Gasteiger partial charge in [0.25, 0.3) is 0 Å². The summed E-state index contributed by atoms with van der Waals surface area (Å²) in [5.41, 5.74) is 0. The Morgan fingerprint density at radius 3 is 2.92 bits per heavy atom. The zero-order chi connectivity index (χ0) is 9.68. The lowest BCUT2D eigenvalue weighted by Gasteiger charge is -2.11. The van der Waals surface area contributed by atoms with Crippen LogP contribution >= 0.6 is 0 Å². The molecule has 2 atom stereocenters. The van der Waals surface area contributed by atoms with E-state index in [4.69, 9.17) is 5.11 Å². The lowest BCUT2D eigenvalue weighted by atomic mass is 10.1. The van der Waals surface area contributed by atoms with E-state index in [0.717, 1.165) is 12.8 Å². The lowest BCUT2D eigenvalue weighted by Crippen LogP contribution is -2.32. The van der Waals surface area contributed by atoms with Crippen LogP contribution in [0.1, 0.15) is 26.2 Å². The van der Waals surface area contributed by atoms with Gasteiger partial charge < -0.3 is 10.4 Å². The molecule has 1 aliphatic rings. The second kappa shape index (κ2) is 5.02. The maximum absolute atomic E-state index is 11.2. The molecule has 0 saturated carbocycles. The van der Waals surface area contributed by atoms with Crippen LogP contribution in [0.5, 0.6) is 0 Å². The monoisotopic (exact) mass is 183 g/mol. The van der Waals surface area contributed by atoms with Gasteiger partial charge in [-0.2, -0.15) is 0 Å². The molecule has 13 heavy (non-hydrogen) atoms. The highest BCUT2D eigenvalue weighted by Gasteiger charge is 2.18. The molecule has 0 spiro atoms. The third kappa shape index (κ3) is 3.19. The topological polar surface area (TPSA) is 49.3 Å². The van der Waals surface area contributed by atoms with Crippen LogP contribution in [0.4, 0.5) is 0 Å². The van der Waals surface area contributed by atoms with Gasteiger partial charge in [-0.3, -0.25) is 4.79 Å². The third-order valence-electron chi connectivity index (χ3n) is 2.23. The largest absolute Gasteiger partial charge is 0.396 e. The van der Waals surface area contributed by atoms with Gasteiger partial charge in [-0.25, -0.2) is 0 Å². The van der Waals surface area contributed by atoms with Crippen LogP contribution in [0.2, 0.25) is 0 Å². The highest BCUT2D eigenvalue weighted by Crippen LogP contribution is 2.16. The van der Waals surface area contributed by atoms with Gasteiger partial charge in [0, 0.05) is 25.0 Å². The Labute approximate surface area is 78.8 Å². The van der Waals surface area contributed by atoms with Gasteiger partial charge in [-0.15, -0.1) is 0 Å². The number of hydrogen-bond donors (Lipinski definition) is 2. The van der Waals surface area contributed by atoms with Gasteiger partial charge in [-0.05, 0) is 12.8 Å². The molecule has 0 bridgehead atoms. The average molecular weight is 183 g/mol. The number of hydrogen-bond acceptors (Lipinski definition) is 2. The number of nitrogens with one attached hydrogen (secondary N) is 1. The highest BCUT2D eigenvalue weighted by molar-refractivity contribution is 5.76. The first-order chi connectivity index (χ1) is 6.26. The molecule has 74 valence electrons. The highest BCUT2D eigenvalue weighted by atomic mass is 16.3. The van der Waals surface area contributed by atoms with E-state index in [-0.39, 0.29) is 24.5 Å². The molecular weight excluding hydrogens is 166 g/mol. The molecule has 0 saturated heterocycles. The molecular formula is C10H17NO2. The summed E-state index contributed by atoms with van der Waals surface area (Å²) in [5, 5.41) is 11.8. The number of aliphatic hydroxyl groups excluding tert-OH is 1. The standard InChI is InChI=1S/C10H17NO2/c1-2-3-10(13)11-9-5-4-8(6-9)7-12/h4-5,8-9,12H,2-3,6-7H2,1H3,(H,11,13)/t8-,9-/m1/s1. The Morgan fingerprint density at radius 1 is 1.62 bits per heavy atom. The maximum atomic E-state index is 11.2. The molecule has 1 rings (SSSR count). The van der Waals surface area contributed by atoms with Gasteiger partial charge in [0.2, 0.25) is 5.91 Å². The molecule has 3 heteroatoms. The van der Waals surface area contributed by atoms with E-state index in [1.165, 1.54) is 0 Å². The Kier molecular flexibility index (Phi) is 3.96. The molecule has 0 fully saturated rings. The lowest BCUT2D eigenvalue weighted by molar-refractivity contribution is -0.121. The van der Waals surface area contributed by atoms with Gasteiger partial charge in [0.15, 0.2) is 0 Å². The van der Waals surface area contributed by atoms with Crippen molar-refractivity contribution in [3.63, 3.8) is 0 Å². The van der Waals surface area contributed by atoms with Crippen molar-refractivity contribution in [1.29, 1.82) is 0 Å². The van der Waals surface area contributed by atoms with Gasteiger partial charge in [0.1, 0.15) is 0 Å². The van der Waals surface area contributed by atoms with Gasteiger partial charge >= 0.3 is 0 Å². The first-order valence-electron chi connectivity index (χ1n) is 4.84. The number of carbonyl (C=O) groups is 1. The van der Waals surface area contributed by atoms with E-state index < -0.39 is 0 Å². The van der Waals surface area contributed by atoms with E-state index in [2.05, 4.69) is 5.32 Å². The van der Waals surface area contributed by atoms with Crippen molar-refractivity contribution < 1.29 is 9.90 Å². The Morgan fingerprint density at radius 2 is 2.38 bits per heavy atom. The van der Waals surface area contributed by atoms with Crippen LogP contribution in [0.25, 0.3) is 0 Å². The van der Waals surface area contributed by atoms with Crippen molar-refractivity contribution >= 4 is 5.91 Å². The second-order valence-corrected chi connectivity index (χ2v) is 3.49. The normalized spacial score (nSPS) is 26.3. The average Bonchev–Trinajstić information content (AvgIpc) is 2.52. The van der Waals surface area contributed by atoms with Crippen LogP contribution in [0, 0.1) is 5.92 Å². The fourth-order valence-corrected chi connectivity index (χ4v) is 1.52. The van der Waals surface area contributed by atoms with E-state index >= 15 is 0 Å². The molecule has 0 aromatic heterocycles. The summed E-state index contributed by atoms with van der Waals surface area (Å²) in [4.78, 5) is 11.2. The van der Waals surface area contributed by atoms with Crippen molar-refractivity contribution in [3.05, 3.63) is 12.2 Å². The number of rotatable bonds is 4. The predicted octanol–water partition coefficient (Wildman–Crippen LogP) is 0.840. The molecule has 0 aromatic carbocycles. The maximum Gasteiger partial charge on any atom is 0.220 e. The van der Waals surface area contributed by atoms with E-state index in [1.54, 1.807) is 0 Å². The van der Waals surface area contributed by atoms with Gasteiger partial charge in [-0.1, -0.05) is 19.1 Å². The van der Waals surface area contributed by atoms with Crippen LogP contribution < -0.4 is 5.32 Å².